The summed E-state index contributed by atoms with van der Waals surface area (Å²) < 4.78 is 7.65. The van der Waals surface area contributed by atoms with Gasteiger partial charge in [0.1, 0.15) is 11.5 Å². The fourth-order valence-electron chi connectivity index (χ4n) is 2.99. The zero-order valence-electron chi connectivity index (χ0n) is 15.2. The number of carbonyl (C=O) groups is 2. The highest BCUT2D eigenvalue weighted by molar-refractivity contribution is 14.1. The Kier molecular flexibility index (Phi) is 8.79. The van der Waals surface area contributed by atoms with Crippen LogP contribution in [0, 0.1) is 7.14 Å². The molecule has 0 aromatic heterocycles. The van der Waals surface area contributed by atoms with E-state index in [1.807, 2.05) is 6.07 Å². The molecule has 0 spiro atoms. The Labute approximate surface area is 199 Å². The standard InChI is InChI=1S/C17H16ClI2NO2.C2H2O4/c1-23-17-13(19)4-9(5-14(17)20)6-15-11-8-16(22)12(18)7-10(11)2-3-21-15;3-1(4)2(5)6/h4-5,7-8,15,21-22H,2-3,6H2,1H3;(H,3,4)(H,5,6)/t15-;/m0./s1. The number of fused-ring (bicyclic) bond motifs is 1. The third-order valence-corrected chi connectivity index (χ3v) is 6.16. The minimum Gasteiger partial charge on any atom is -0.506 e. The van der Waals surface area contributed by atoms with Crippen LogP contribution in [0.25, 0.3) is 0 Å². The molecule has 1 atom stereocenters. The van der Waals surface area contributed by atoms with Crippen molar-refractivity contribution < 1.29 is 29.6 Å². The molecule has 2 aromatic rings. The molecule has 4 N–H and O–H groups in total. The first kappa shape index (κ1) is 24.0. The van der Waals surface area contributed by atoms with Crippen LogP contribution in [-0.4, -0.2) is 40.9 Å². The summed E-state index contributed by atoms with van der Waals surface area (Å²) in [5.41, 5.74) is 3.60. The number of ether oxygens (including phenoxy) is 1. The van der Waals surface area contributed by atoms with Crippen molar-refractivity contribution in [3.8, 4) is 11.5 Å². The lowest BCUT2D eigenvalue weighted by Crippen LogP contribution is -2.31. The second kappa shape index (κ2) is 10.6. The second-order valence-electron chi connectivity index (χ2n) is 6.17. The Morgan fingerprint density at radius 2 is 1.76 bits per heavy atom. The molecule has 7 nitrogen and oxygen atoms in total. The number of hydrogen-bond acceptors (Lipinski definition) is 5. The van der Waals surface area contributed by atoms with E-state index in [0.717, 1.165) is 37.8 Å². The summed E-state index contributed by atoms with van der Waals surface area (Å²) in [6, 6.07) is 8.19. The summed E-state index contributed by atoms with van der Waals surface area (Å²) in [4.78, 5) is 18.2. The number of phenols is 1. The van der Waals surface area contributed by atoms with Gasteiger partial charge in [-0.25, -0.2) is 9.59 Å². The van der Waals surface area contributed by atoms with Gasteiger partial charge in [-0.1, -0.05) is 11.6 Å². The summed E-state index contributed by atoms with van der Waals surface area (Å²) >= 11 is 10.7. The van der Waals surface area contributed by atoms with Gasteiger partial charge in [-0.05, 0) is 106 Å². The molecule has 29 heavy (non-hydrogen) atoms. The summed E-state index contributed by atoms with van der Waals surface area (Å²) in [6.45, 7) is 0.920. The van der Waals surface area contributed by atoms with Crippen molar-refractivity contribution >= 4 is 68.7 Å². The number of rotatable bonds is 3. The van der Waals surface area contributed by atoms with E-state index in [0.29, 0.717) is 5.02 Å². The highest BCUT2D eigenvalue weighted by Gasteiger charge is 2.22. The van der Waals surface area contributed by atoms with Crippen LogP contribution in [0.4, 0.5) is 0 Å². The van der Waals surface area contributed by atoms with Gasteiger partial charge >= 0.3 is 11.9 Å². The zero-order chi connectivity index (χ0) is 21.7. The number of phenolic OH excluding ortho intramolecular Hbond substituents is 1. The van der Waals surface area contributed by atoms with Crippen LogP contribution in [0.1, 0.15) is 22.7 Å². The average Bonchev–Trinajstić information content (AvgIpc) is 2.63. The van der Waals surface area contributed by atoms with Gasteiger partial charge in [-0.2, -0.15) is 0 Å². The van der Waals surface area contributed by atoms with E-state index in [1.165, 1.54) is 11.1 Å². The summed E-state index contributed by atoms with van der Waals surface area (Å²) in [6.07, 6.45) is 1.80. The number of aliphatic carboxylic acids is 2. The van der Waals surface area contributed by atoms with Crippen LogP contribution in [0.15, 0.2) is 24.3 Å². The molecule has 0 saturated carbocycles. The molecule has 1 aliphatic heterocycles. The molecule has 156 valence electrons. The maximum atomic E-state index is 9.94. The van der Waals surface area contributed by atoms with Gasteiger partial charge in [0.05, 0.1) is 19.3 Å². The van der Waals surface area contributed by atoms with Crippen LogP contribution in [0.5, 0.6) is 11.5 Å². The molecule has 0 amide bonds. The quantitative estimate of drug-likeness (QED) is 0.296. The Morgan fingerprint density at radius 1 is 1.17 bits per heavy atom. The summed E-state index contributed by atoms with van der Waals surface area (Å²) in [5, 5.41) is 28.7. The zero-order valence-corrected chi connectivity index (χ0v) is 20.3. The Balaban J connectivity index is 0.000000438. The lowest BCUT2D eigenvalue weighted by molar-refractivity contribution is -0.159. The predicted molar refractivity (Wildman–Crippen MR) is 125 cm³/mol. The van der Waals surface area contributed by atoms with E-state index in [2.05, 4.69) is 62.6 Å². The van der Waals surface area contributed by atoms with Gasteiger partial charge in [0.25, 0.3) is 0 Å². The molecule has 3 rings (SSSR count). The van der Waals surface area contributed by atoms with Crippen molar-refractivity contribution in [2.45, 2.75) is 18.9 Å². The molecule has 10 heteroatoms. The van der Waals surface area contributed by atoms with Crippen molar-refractivity contribution in [2.75, 3.05) is 13.7 Å². The number of methoxy groups -OCH3 is 1. The van der Waals surface area contributed by atoms with E-state index >= 15 is 0 Å². The molecule has 1 aliphatic rings. The van der Waals surface area contributed by atoms with Crippen LogP contribution < -0.4 is 10.1 Å². The number of hydrogen-bond donors (Lipinski definition) is 4. The minimum absolute atomic E-state index is 0.151. The monoisotopic (exact) mass is 645 g/mol. The normalized spacial score (nSPS) is 15.0. The maximum Gasteiger partial charge on any atom is 0.414 e. The van der Waals surface area contributed by atoms with Crippen LogP contribution in [0.2, 0.25) is 5.02 Å². The third kappa shape index (κ3) is 6.33. The van der Waals surface area contributed by atoms with Gasteiger partial charge in [0.2, 0.25) is 0 Å². The Morgan fingerprint density at radius 3 is 2.28 bits per heavy atom. The van der Waals surface area contributed by atoms with Gasteiger partial charge in [-0.15, -0.1) is 0 Å². The van der Waals surface area contributed by atoms with Crippen molar-refractivity contribution in [2.24, 2.45) is 0 Å². The van der Waals surface area contributed by atoms with E-state index in [-0.39, 0.29) is 11.8 Å². The predicted octanol–water partition coefficient (Wildman–Crippen LogP) is 3.85. The van der Waals surface area contributed by atoms with Crippen LogP contribution >= 0.6 is 56.8 Å². The largest absolute Gasteiger partial charge is 0.506 e. The van der Waals surface area contributed by atoms with Gasteiger partial charge in [-0.3, -0.25) is 0 Å². The Hall–Kier alpha value is -1.31. The smallest absolute Gasteiger partial charge is 0.414 e. The topological polar surface area (TPSA) is 116 Å². The Bertz CT molecular complexity index is 902. The molecule has 0 unspecified atom stereocenters. The van der Waals surface area contributed by atoms with E-state index < -0.39 is 11.9 Å². The van der Waals surface area contributed by atoms with Crippen molar-refractivity contribution in [1.82, 2.24) is 5.32 Å². The van der Waals surface area contributed by atoms with Gasteiger partial charge in [0.15, 0.2) is 0 Å². The van der Waals surface area contributed by atoms with Crippen LogP contribution in [0.3, 0.4) is 0 Å². The molecular weight excluding hydrogens is 627 g/mol. The summed E-state index contributed by atoms with van der Waals surface area (Å²) in [5.74, 6) is -2.57. The maximum absolute atomic E-state index is 9.94. The van der Waals surface area contributed by atoms with Gasteiger partial charge in [0, 0.05) is 6.04 Å². The average molecular weight is 646 g/mol. The molecule has 1 heterocycles. The highest BCUT2D eigenvalue weighted by atomic mass is 127. The van der Waals surface area contributed by atoms with E-state index in [1.54, 1.807) is 13.2 Å². The lowest BCUT2D eigenvalue weighted by atomic mass is 9.90. The van der Waals surface area contributed by atoms with E-state index in [9.17, 15) is 5.11 Å². The molecular formula is C19H18ClI2NO6. The number of aromatic hydroxyl groups is 1. The first-order chi connectivity index (χ1) is 13.6. The molecule has 0 aliphatic carbocycles. The highest BCUT2D eigenvalue weighted by Crippen LogP contribution is 2.35. The lowest BCUT2D eigenvalue weighted by Gasteiger charge is -2.28. The number of nitrogens with one attached hydrogen (secondary N) is 1. The number of benzene rings is 2. The first-order valence-electron chi connectivity index (χ1n) is 8.36. The molecule has 0 bridgehead atoms. The molecule has 2 aromatic carbocycles. The fraction of sp³-hybridized carbons (Fsp3) is 0.263. The molecule has 0 fully saturated rings. The second-order valence-corrected chi connectivity index (χ2v) is 8.90. The first-order valence-corrected chi connectivity index (χ1v) is 10.9. The number of carboxylic acid groups (broad SMARTS) is 2. The van der Waals surface area contributed by atoms with E-state index in [4.69, 9.17) is 36.1 Å². The molecule has 0 saturated heterocycles. The van der Waals surface area contributed by atoms with Crippen molar-refractivity contribution in [3.63, 3.8) is 0 Å². The molecule has 0 radical (unpaired) electrons. The van der Waals surface area contributed by atoms with Gasteiger partial charge < -0.3 is 25.4 Å². The minimum atomic E-state index is -1.82. The summed E-state index contributed by atoms with van der Waals surface area (Å²) in [7, 11) is 1.70. The van der Waals surface area contributed by atoms with Crippen molar-refractivity contribution in [3.05, 3.63) is 53.1 Å². The van der Waals surface area contributed by atoms with Crippen molar-refractivity contribution in [1.29, 1.82) is 0 Å². The fourth-order valence-corrected chi connectivity index (χ4v) is 5.52. The third-order valence-electron chi connectivity index (χ3n) is 4.25. The van der Waals surface area contributed by atoms with Crippen LogP contribution in [-0.2, 0) is 22.4 Å². The SMILES string of the molecule is COc1c(I)cc(C[C@@H]2NCCc3cc(Cl)c(O)cc32)cc1I.O=C(O)C(=O)O. The number of carboxylic acids is 2. The number of halogens is 3.